The lowest BCUT2D eigenvalue weighted by Gasteiger charge is -2.51. The first-order valence-electron chi connectivity index (χ1n) is 34.6. The number of benzene rings is 14. The van der Waals surface area contributed by atoms with Crippen LogP contribution in [0.4, 0.5) is 34.1 Å². The highest BCUT2D eigenvalue weighted by Crippen LogP contribution is 2.70. The van der Waals surface area contributed by atoms with E-state index in [2.05, 4.69) is 246 Å². The highest BCUT2D eigenvalue weighted by molar-refractivity contribution is 7.91. The van der Waals surface area contributed by atoms with Gasteiger partial charge < -0.3 is 24.0 Å². The van der Waals surface area contributed by atoms with Gasteiger partial charge >= 0.3 is 0 Å². The van der Waals surface area contributed by atoms with E-state index in [4.69, 9.17) is 14.2 Å². The Morgan fingerprint density at radius 1 is 0.314 bits per heavy atom. The summed E-state index contributed by atoms with van der Waals surface area (Å²) in [6.07, 6.45) is 0. The van der Waals surface area contributed by atoms with E-state index >= 15 is 8.42 Å². The van der Waals surface area contributed by atoms with E-state index < -0.39 is 31.9 Å². The van der Waals surface area contributed by atoms with Gasteiger partial charge in [-0.1, -0.05) is 237 Å². The van der Waals surface area contributed by atoms with Gasteiger partial charge in [0.15, 0.2) is 0 Å². The first-order valence-corrected chi connectivity index (χ1v) is 36.1. The van der Waals surface area contributed by atoms with Gasteiger partial charge in [-0.25, -0.2) is 8.42 Å². The normalized spacial score (nSPS) is 15.3. The standard InChI is InChI=1S/C93H65N3O5S/c1-90(2)85-68(58-94)87(95-77-50-46-63(59-28-10-5-11-29-59)54-73(77)92(74-55-64(47-51-78(74)95)60-30-12-6-13-31-60)69-38-20-24-42-81(69)99-82-43-25-21-39-70(82)92)88(89(86(85)91(3,4)101-90)102(97,98)67-36-18-9-19-37-67)96-79-52-48-65(61-32-14-7-15-33-61)56-75(79)93(76-57-66(49-53-80(76)96)62-34-16-8-17-35-62)71-40-22-26-44-83(71)100-84-45-27-23-41-72(84)93/h5-57H,1-4H3. The van der Waals surface area contributed by atoms with Crippen molar-refractivity contribution in [3.63, 3.8) is 0 Å². The Morgan fingerprint density at radius 3 is 0.922 bits per heavy atom. The number of rotatable bonds is 8. The number of hydrogen-bond donors (Lipinski definition) is 0. The Labute approximate surface area is 593 Å². The molecule has 19 rings (SSSR count). The van der Waals surface area contributed by atoms with Gasteiger partial charge in [0, 0.05) is 33.4 Å². The third-order valence-electron chi connectivity index (χ3n) is 21.6. The quantitative estimate of drug-likeness (QED) is 0.149. The predicted octanol–water partition coefficient (Wildman–Crippen LogP) is 23.1. The molecular formula is C93H65N3O5S. The molecule has 9 heteroatoms. The third kappa shape index (κ3) is 8.67. The zero-order valence-corrected chi connectivity index (χ0v) is 57.2. The second-order valence-electron chi connectivity index (χ2n) is 28.0. The van der Waals surface area contributed by atoms with Crippen LogP contribution in [0, 0.1) is 11.3 Å². The van der Waals surface area contributed by atoms with Crippen LogP contribution in [0.3, 0.4) is 0 Å². The molecule has 0 fully saturated rings. The van der Waals surface area contributed by atoms with Crippen molar-refractivity contribution < 1.29 is 22.6 Å². The largest absolute Gasteiger partial charge is 0.457 e. The zero-order chi connectivity index (χ0) is 68.9. The fourth-order valence-electron chi connectivity index (χ4n) is 17.7. The van der Waals surface area contributed by atoms with E-state index in [1.807, 2.05) is 94.4 Å². The molecule has 0 radical (unpaired) electrons. The minimum atomic E-state index is -4.73. The van der Waals surface area contributed by atoms with Crippen molar-refractivity contribution in [1.82, 2.24) is 0 Å². The molecule has 14 aromatic carbocycles. The molecule has 0 saturated carbocycles. The topological polar surface area (TPSA) is 92.1 Å². The van der Waals surface area contributed by atoms with Gasteiger partial charge in [0.1, 0.15) is 34.0 Å². The van der Waals surface area contributed by atoms with E-state index in [9.17, 15) is 5.26 Å². The molecule has 0 atom stereocenters. The molecule has 0 amide bonds. The summed E-state index contributed by atoms with van der Waals surface area (Å²) in [7, 11) is -4.73. The number of nitriles is 1. The molecule has 0 N–H and O–H groups in total. The molecule has 5 aliphatic heterocycles. The summed E-state index contributed by atoms with van der Waals surface area (Å²) in [4.78, 5) is 4.53. The molecule has 2 spiro atoms. The van der Waals surface area contributed by atoms with Crippen LogP contribution in [0.25, 0.3) is 44.5 Å². The van der Waals surface area contributed by atoms with Crippen molar-refractivity contribution in [1.29, 1.82) is 5.26 Å². The molecule has 14 aromatic rings. The van der Waals surface area contributed by atoms with E-state index in [1.54, 1.807) is 24.3 Å². The second kappa shape index (κ2) is 22.6. The molecule has 8 nitrogen and oxygen atoms in total. The first kappa shape index (κ1) is 60.8. The molecule has 5 heterocycles. The summed E-state index contributed by atoms with van der Waals surface area (Å²) in [5.74, 6) is 2.77. The fourth-order valence-corrected chi connectivity index (χ4v) is 19.5. The number of hydrogen-bond acceptors (Lipinski definition) is 8. The van der Waals surface area contributed by atoms with E-state index in [0.29, 0.717) is 51.2 Å². The Bertz CT molecular complexity index is 5690. The highest BCUT2D eigenvalue weighted by atomic mass is 32.2. The lowest BCUT2D eigenvalue weighted by Crippen LogP contribution is -2.41. The van der Waals surface area contributed by atoms with Gasteiger partial charge in [0.25, 0.3) is 0 Å². The fraction of sp³-hybridized carbons (Fsp3) is 0.0860. The van der Waals surface area contributed by atoms with Gasteiger partial charge in [-0.3, -0.25) is 0 Å². The van der Waals surface area contributed by atoms with Crippen molar-refractivity contribution in [3.05, 3.63) is 383 Å². The average molecular weight is 1340 g/mol. The summed E-state index contributed by atoms with van der Waals surface area (Å²) in [6.45, 7) is 7.83. The first-order chi connectivity index (χ1) is 49.8. The van der Waals surface area contributed by atoms with E-state index in [-0.39, 0.29) is 21.0 Å². The predicted molar refractivity (Wildman–Crippen MR) is 405 cm³/mol. The molecule has 0 unspecified atom stereocenters. The van der Waals surface area contributed by atoms with Crippen LogP contribution in [0.2, 0.25) is 0 Å². The Hall–Kier alpha value is -12.3. The number of para-hydroxylation sites is 4. The highest BCUT2D eigenvalue weighted by Gasteiger charge is 2.58. The van der Waals surface area contributed by atoms with Crippen LogP contribution in [0.5, 0.6) is 23.0 Å². The molecule has 0 saturated heterocycles. The summed E-state index contributed by atoms with van der Waals surface area (Å²) in [5, 5.41) is 13.1. The molecule has 0 aliphatic carbocycles. The van der Waals surface area contributed by atoms with Crippen LogP contribution in [-0.2, 0) is 36.6 Å². The molecular weight excluding hydrogens is 1270 g/mol. The SMILES string of the molecule is CC1(C)OC(C)(C)c2c1c(C#N)c(N1c3ccc(-c4ccccc4)cc3C3(c4ccccc4Oc4ccccc43)c3cc(-c4ccccc4)ccc31)c(N1c3ccc(-c4ccccc4)cc3C3(c4ccccc4Oc4ccccc43)c3cc(-c4ccccc4)ccc31)c2S(=O)(=O)c1ccccc1. The van der Waals surface area contributed by atoms with Crippen molar-refractivity contribution in [2.24, 2.45) is 0 Å². The minimum Gasteiger partial charge on any atom is -0.457 e. The molecule has 0 aromatic heterocycles. The lowest BCUT2D eigenvalue weighted by atomic mass is 9.60. The minimum absolute atomic E-state index is 0.0140. The van der Waals surface area contributed by atoms with Crippen LogP contribution in [-0.4, -0.2) is 8.42 Å². The molecule has 488 valence electrons. The van der Waals surface area contributed by atoms with Gasteiger partial charge in [0.05, 0.1) is 66.6 Å². The Kier molecular flexibility index (Phi) is 13.5. The summed E-state index contributed by atoms with van der Waals surface area (Å²) in [5.41, 5.74) is 14.7. The maximum absolute atomic E-state index is 17.7. The summed E-state index contributed by atoms with van der Waals surface area (Å²) < 4.78 is 57.0. The Morgan fingerprint density at radius 2 is 0.598 bits per heavy atom. The molecule has 0 bridgehead atoms. The number of ether oxygens (including phenoxy) is 3. The number of sulfone groups is 1. The molecule has 102 heavy (non-hydrogen) atoms. The smallest absolute Gasteiger partial charge is 0.209 e. The van der Waals surface area contributed by atoms with Crippen molar-refractivity contribution in [2.75, 3.05) is 9.80 Å². The zero-order valence-electron chi connectivity index (χ0n) is 56.4. The number of fused-ring (bicyclic) bond motifs is 17. The van der Waals surface area contributed by atoms with E-state index in [1.165, 1.54) is 0 Å². The number of nitrogens with zero attached hydrogens (tertiary/aromatic N) is 3. The van der Waals surface area contributed by atoms with Gasteiger partial charge in [-0.15, -0.1) is 0 Å². The lowest BCUT2D eigenvalue weighted by molar-refractivity contribution is -0.106. The van der Waals surface area contributed by atoms with Gasteiger partial charge in [-0.2, -0.15) is 5.26 Å². The van der Waals surface area contributed by atoms with Crippen LogP contribution >= 0.6 is 0 Å². The summed E-state index contributed by atoms with van der Waals surface area (Å²) in [6, 6.07) is 113. The maximum atomic E-state index is 17.7. The third-order valence-corrected chi connectivity index (χ3v) is 23.4. The average Bonchev–Trinajstić information content (AvgIpc) is 0.966. The second-order valence-corrected chi connectivity index (χ2v) is 29.8. The van der Waals surface area contributed by atoms with Gasteiger partial charge in [-0.05, 0) is 179 Å². The van der Waals surface area contributed by atoms with Crippen molar-refractivity contribution in [2.45, 2.75) is 59.5 Å². The monoisotopic (exact) mass is 1340 g/mol. The van der Waals surface area contributed by atoms with Crippen LogP contribution in [0.1, 0.15) is 88.9 Å². The van der Waals surface area contributed by atoms with E-state index in [0.717, 1.165) is 100 Å². The van der Waals surface area contributed by atoms with Crippen LogP contribution < -0.4 is 19.3 Å². The maximum Gasteiger partial charge on any atom is 0.209 e. The van der Waals surface area contributed by atoms with Crippen molar-refractivity contribution >= 4 is 44.0 Å². The van der Waals surface area contributed by atoms with Crippen LogP contribution in [0.15, 0.2) is 331 Å². The molecule has 5 aliphatic rings. The number of anilines is 6. The van der Waals surface area contributed by atoms with Crippen molar-refractivity contribution in [3.8, 4) is 73.6 Å². The summed E-state index contributed by atoms with van der Waals surface area (Å²) >= 11 is 0. The Balaban J connectivity index is 1.05. The van der Waals surface area contributed by atoms with Gasteiger partial charge in [0.2, 0.25) is 9.84 Å².